The Balaban J connectivity index is 1.29. The van der Waals surface area contributed by atoms with Crippen LogP contribution in [0.2, 0.25) is 0 Å². The molecule has 0 radical (unpaired) electrons. The predicted octanol–water partition coefficient (Wildman–Crippen LogP) is 2.11. The van der Waals surface area contributed by atoms with Gasteiger partial charge in [0.25, 0.3) is 5.91 Å². The monoisotopic (exact) mass is 315 g/mol. The molecule has 23 heavy (non-hydrogen) atoms. The number of allylic oxidation sites excluding steroid dienone is 2. The summed E-state index contributed by atoms with van der Waals surface area (Å²) in [4.78, 5) is 24.0. The van der Waals surface area contributed by atoms with E-state index in [1.54, 1.807) is 18.2 Å². The third-order valence-corrected chi connectivity index (χ3v) is 4.58. The molecule has 1 aromatic carbocycles. The lowest BCUT2D eigenvalue weighted by Crippen LogP contribution is -2.26. The van der Waals surface area contributed by atoms with Gasteiger partial charge in [0.2, 0.25) is 6.79 Å². The van der Waals surface area contributed by atoms with Crippen LogP contribution in [0.1, 0.15) is 12.8 Å². The molecule has 1 fully saturated rings. The fourth-order valence-corrected chi connectivity index (χ4v) is 3.47. The van der Waals surface area contributed by atoms with Gasteiger partial charge in [-0.3, -0.25) is 9.59 Å². The van der Waals surface area contributed by atoms with Crippen LogP contribution in [0.4, 0.5) is 5.69 Å². The number of fused-ring (bicyclic) bond motifs is 3. The number of carbonyl (C=O) groups excluding carboxylic acids is 2. The summed E-state index contributed by atoms with van der Waals surface area (Å²) >= 11 is 0. The number of anilines is 1. The Labute approximate surface area is 133 Å². The lowest BCUT2D eigenvalue weighted by Gasteiger charge is -2.16. The highest BCUT2D eigenvalue weighted by atomic mass is 16.7. The van der Waals surface area contributed by atoms with Gasteiger partial charge < -0.3 is 19.5 Å². The van der Waals surface area contributed by atoms with E-state index < -0.39 is 0 Å². The topological polar surface area (TPSA) is 73.9 Å². The van der Waals surface area contributed by atoms with E-state index in [1.165, 1.54) is 0 Å². The zero-order chi connectivity index (χ0) is 15.8. The van der Waals surface area contributed by atoms with Crippen molar-refractivity contribution in [2.75, 3.05) is 18.7 Å². The molecule has 2 aliphatic carbocycles. The molecule has 3 atom stereocenters. The highest BCUT2D eigenvalue weighted by molar-refractivity contribution is 5.93. The van der Waals surface area contributed by atoms with Crippen LogP contribution < -0.4 is 14.8 Å². The molecule has 1 heterocycles. The molecule has 6 nitrogen and oxygen atoms in total. The Kier molecular flexibility index (Phi) is 3.44. The quantitative estimate of drug-likeness (QED) is 0.680. The molecule has 1 aromatic rings. The van der Waals surface area contributed by atoms with Crippen molar-refractivity contribution in [1.29, 1.82) is 0 Å². The summed E-state index contributed by atoms with van der Waals surface area (Å²) in [5, 5.41) is 2.69. The minimum atomic E-state index is -0.365. The molecule has 0 spiro atoms. The summed E-state index contributed by atoms with van der Waals surface area (Å²) in [6, 6.07) is 5.13. The maximum atomic E-state index is 12.1. The zero-order valence-corrected chi connectivity index (χ0v) is 12.5. The Morgan fingerprint density at radius 2 is 2.04 bits per heavy atom. The van der Waals surface area contributed by atoms with Gasteiger partial charge in [0.05, 0.1) is 5.92 Å². The summed E-state index contributed by atoms with van der Waals surface area (Å²) in [6.45, 7) is -0.0901. The van der Waals surface area contributed by atoms with Gasteiger partial charge in [-0.2, -0.15) is 0 Å². The second-order valence-corrected chi connectivity index (χ2v) is 6.11. The first-order valence-corrected chi connectivity index (χ1v) is 7.73. The standard InChI is InChI=1S/C17H17NO5/c19-16(18-12-3-4-14-15(7-12)23-9-22-14)8-21-17(20)13-6-10-1-2-11(13)5-10/h1-4,7,10-11,13H,5-6,8-9H2,(H,18,19). The lowest BCUT2D eigenvalue weighted by atomic mass is 9.94. The SMILES string of the molecule is O=C(COC(=O)C1CC2C=CC1C2)Nc1ccc2c(c1)OCO2. The smallest absolute Gasteiger partial charge is 0.310 e. The van der Waals surface area contributed by atoms with Crippen LogP contribution in [0.3, 0.4) is 0 Å². The van der Waals surface area contributed by atoms with Crippen LogP contribution in [0.25, 0.3) is 0 Å². The highest BCUT2D eigenvalue weighted by Gasteiger charge is 2.40. The fraction of sp³-hybridized carbons (Fsp3) is 0.412. The third kappa shape index (κ3) is 2.76. The van der Waals surface area contributed by atoms with Crippen LogP contribution in [0.5, 0.6) is 11.5 Å². The number of benzene rings is 1. The first kappa shape index (κ1) is 14.1. The van der Waals surface area contributed by atoms with Crippen molar-refractivity contribution in [3.63, 3.8) is 0 Å². The number of rotatable bonds is 4. The number of ether oxygens (including phenoxy) is 3. The largest absolute Gasteiger partial charge is 0.455 e. The second kappa shape index (κ2) is 5.61. The zero-order valence-electron chi connectivity index (χ0n) is 12.5. The first-order valence-electron chi connectivity index (χ1n) is 7.73. The molecular formula is C17H17NO5. The van der Waals surface area contributed by atoms with Crippen molar-refractivity contribution < 1.29 is 23.8 Å². The van der Waals surface area contributed by atoms with E-state index in [0.29, 0.717) is 23.1 Å². The Morgan fingerprint density at radius 3 is 2.83 bits per heavy atom. The van der Waals surface area contributed by atoms with Crippen LogP contribution in [-0.4, -0.2) is 25.3 Å². The molecule has 6 heteroatoms. The highest BCUT2D eigenvalue weighted by Crippen LogP contribution is 2.43. The van der Waals surface area contributed by atoms with E-state index in [-0.39, 0.29) is 37.1 Å². The average Bonchev–Trinajstić information content (AvgIpc) is 3.27. The summed E-state index contributed by atoms with van der Waals surface area (Å²) in [5.41, 5.74) is 0.582. The number of hydrogen-bond acceptors (Lipinski definition) is 5. The van der Waals surface area contributed by atoms with Crippen LogP contribution in [-0.2, 0) is 14.3 Å². The van der Waals surface area contributed by atoms with Gasteiger partial charge in [-0.1, -0.05) is 12.2 Å². The normalized spacial score (nSPS) is 26.3. The Bertz CT molecular complexity index is 684. The average molecular weight is 315 g/mol. The van der Waals surface area contributed by atoms with E-state index in [2.05, 4.69) is 17.5 Å². The molecular weight excluding hydrogens is 298 g/mol. The molecule has 0 saturated heterocycles. The van der Waals surface area contributed by atoms with Crippen molar-refractivity contribution in [3.05, 3.63) is 30.4 Å². The van der Waals surface area contributed by atoms with E-state index in [9.17, 15) is 9.59 Å². The van der Waals surface area contributed by atoms with Crippen LogP contribution >= 0.6 is 0 Å². The Morgan fingerprint density at radius 1 is 1.17 bits per heavy atom. The van der Waals surface area contributed by atoms with Crippen molar-refractivity contribution in [3.8, 4) is 11.5 Å². The molecule has 1 saturated carbocycles. The molecule has 0 aromatic heterocycles. The number of nitrogens with one attached hydrogen (secondary N) is 1. The Hall–Kier alpha value is -2.50. The summed E-state index contributed by atoms with van der Waals surface area (Å²) in [5.74, 6) is 1.29. The fourth-order valence-electron chi connectivity index (χ4n) is 3.47. The number of carbonyl (C=O) groups is 2. The molecule has 4 rings (SSSR count). The van der Waals surface area contributed by atoms with E-state index in [4.69, 9.17) is 14.2 Å². The first-order chi connectivity index (χ1) is 11.2. The van der Waals surface area contributed by atoms with Crippen molar-refractivity contribution >= 4 is 17.6 Å². The molecule has 1 N–H and O–H groups in total. The maximum absolute atomic E-state index is 12.1. The third-order valence-electron chi connectivity index (χ3n) is 4.58. The lowest BCUT2D eigenvalue weighted by molar-refractivity contribution is -0.152. The summed E-state index contributed by atoms with van der Waals surface area (Å²) < 4.78 is 15.6. The molecule has 3 aliphatic rings. The summed E-state index contributed by atoms with van der Waals surface area (Å²) in [6.07, 6.45) is 6.13. The van der Waals surface area contributed by atoms with Crippen molar-refractivity contribution in [2.24, 2.45) is 17.8 Å². The van der Waals surface area contributed by atoms with Gasteiger partial charge in [0.15, 0.2) is 18.1 Å². The number of hydrogen-bond donors (Lipinski definition) is 1. The van der Waals surface area contributed by atoms with Crippen molar-refractivity contribution in [2.45, 2.75) is 12.8 Å². The predicted molar refractivity (Wildman–Crippen MR) is 81.0 cm³/mol. The van der Waals surface area contributed by atoms with E-state index in [0.717, 1.165) is 12.8 Å². The van der Waals surface area contributed by atoms with Gasteiger partial charge in [-0.15, -0.1) is 0 Å². The van der Waals surface area contributed by atoms with E-state index in [1.807, 2.05) is 0 Å². The van der Waals surface area contributed by atoms with Gasteiger partial charge in [0.1, 0.15) is 0 Å². The molecule has 1 amide bonds. The van der Waals surface area contributed by atoms with Gasteiger partial charge in [-0.25, -0.2) is 0 Å². The summed E-state index contributed by atoms with van der Waals surface area (Å²) in [7, 11) is 0. The number of esters is 1. The molecule has 120 valence electrons. The van der Waals surface area contributed by atoms with Gasteiger partial charge in [0, 0.05) is 11.8 Å². The maximum Gasteiger partial charge on any atom is 0.310 e. The van der Waals surface area contributed by atoms with Crippen LogP contribution in [0, 0.1) is 17.8 Å². The minimum absolute atomic E-state index is 0.0941. The van der Waals surface area contributed by atoms with Gasteiger partial charge in [-0.05, 0) is 36.8 Å². The molecule has 1 aliphatic heterocycles. The number of amides is 1. The van der Waals surface area contributed by atoms with Gasteiger partial charge >= 0.3 is 5.97 Å². The molecule has 3 unspecified atom stereocenters. The second-order valence-electron chi connectivity index (χ2n) is 6.11. The van der Waals surface area contributed by atoms with Crippen LogP contribution in [0.15, 0.2) is 30.4 Å². The van der Waals surface area contributed by atoms with E-state index >= 15 is 0 Å². The van der Waals surface area contributed by atoms with Crippen molar-refractivity contribution in [1.82, 2.24) is 0 Å². The minimum Gasteiger partial charge on any atom is -0.455 e. The molecule has 2 bridgehead atoms.